The molecule has 1 unspecified atom stereocenters. The molecule has 1 fully saturated rings. The number of halogens is 2. The second kappa shape index (κ2) is 11.4. The summed E-state index contributed by atoms with van der Waals surface area (Å²) in [5.41, 5.74) is 3.16. The summed E-state index contributed by atoms with van der Waals surface area (Å²) in [6.07, 6.45) is 3.91. The molecule has 4 rings (SSSR count). The summed E-state index contributed by atoms with van der Waals surface area (Å²) in [5, 5.41) is 7.91. The molecule has 1 aliphatic rings. The van der Waals surface area contributed by atoms with Gasteiger partial charge in [-0.25, -0.2) is 4.39 Å². The number of para-hydroxylation sites is 2. The molecular weight excluding hydrogens is 520 g/mol. The zero-order chi connectivity index (χ0) is 21.6. The predicted octanol–water partition coefficient (Wildman–Crippen LogP) is 4.17. The first-order valence-corrected chi connectivity index (χ1v) is 10.8. The second-order valence-corrected chi connectivity index (χ2v) is 7.91. The van der Waals surface area contributed by atoms with E-state index in [0.29, 0.717) is 5.92 Å². The molecule has 0 saturated carbocycles. The van der Waals surface area contributed by atoms with Gasteiger partial charge in [-0.1, -0.05) is 12.1 Å². The fraction of sp³-hybridized carbons (Fsp3) is 0.375. The van der Waals surface area contributed by atoms with Crippen LogP contribution in [0.1, 0.15) is 12.0 Å². The van der Waals surface area contributed by atoms with E-state index in [0.717, 1.165) is 67.3 Å². The van der Waals surface area contributed by atoms with Gasteiger partial charge in [0.05, 0.1) is 12.8 Å². The molecule has 0 bridgehead atoms. The Kier molecular flexibility index (Phi) is 8.60. The molecule has 3 N–H and O–H groups in total. The van der Waals surface area contributed by atoms with Crippen molar-refractivity contribution in [3.05, 3.63) is 60.0 Å². The van der Waals surface area contributed by atoms with Crippen molar-refractivity contribution >= 4 is 46.5 Å². The van der Waals surface area contributed by atoms with Gasteiger partial charge in [-0.2, -0.15) is 0 Å². The van der Waals surface area contributed by atoms with E-state index in [1.165, 1.54) is 17.7 Å². The van der Waals surface area contributed by atoms with Gasteiger partial charge in [0.25, 0.3) is 0 Å². The fourth-order valence-corrected chi connectivity index (χ4v) is 4.25. The summed E-state index contributed by atoms with van der Waals surface area (Å²) in [4.78, 5) is 9.88. The maximum absolute atomic E-state index is 13.4. The Balaban J connectivity index is 0.00000289. The first kappa shape index (κ1) is 24.2. The van der Waals surface area contributed by atoms with Crippen molar-refractivity contribution in [1.29, 1.82) is 0 Å². The van der Waals surface area contributed by atoms with Crippen LogP contribution in [0.25, 0.3) is 10.9 Å². The van der Waals surface area contributed by atoms with Crippen LogP contribution < -0.4 is 20.3 Å². The molecular formula is C24H31FIN5O. The van der Waals surface area contributed by atoms with Crippen LogP contribution in [0.5, 0.6) is 5.75 Å². The Morgan fingerprint density at radius 3 is 2.91 bits per heavy atom. The standard InChI is InChI=1S/C24H30FN5O.HI/c1-26-24(27-11-9-18-15-28-21-13-19(25)7-8-20(18)21)29-14-17-10-12-30(16-17)22-5-3-4-6-23(22)31-2;/h3-8,13,15,17,28H,9-12,14,16H2,1-2H3,(H2,26,27,29);1H. The SMILES string of the molecule is CN=C(NCCc1c[nH]c2cc(F)ccc12)NCC1CCN(c2ccccc2OC)C1.I. The lowest BCUT2D eigenvalue weighted by Gasteiger charge is -2.21. The summed E-state index contributed by atoms with van der Waals surface area (Å²) < 4.78 is 18.9. The summed E-state index contributed by atoms with van der Waals surface area (Å²) >= 11 is 0. The predicted molar refractivity (Wildman–Crippen MR) is 140 cm³/mol. The number of methoxy groups -OCH3 is 1. The van der Waals surface area contributed by atoms with E-state index in [4.69, 9.17) is 4.74 Å². The molecule has 172 valence electrons. The Bertz CT molecular complexity index is 1050. The third kappa shape index (κ3) is 5.65. The van der Waals surface area contributed by atoms with Crippen LogP contribution in [0.4, 0.5) is 10.1 Å². The number of fused-ring (bicyclic) bond motifs is 1. The maximum Gasteiger partial charge on any atom is 0.190 e. The van der Waals surface area contributed by atoms with Crippen LogP contribution in [0.3, 0.4) is 0 Å². The molecule has 1 atom stereocenters. The minimum atomic E-state index is -0.222. The first-order valence-electron chi connectivity index (χ1n) is 10.8. The van der Waals surface area contributed by atoms with Crippen LogP contribution in [0.2, 0.25) is 0 Å². The van der Waals surface area contributed by atoms with Gasteiger partial charge in [0, 0.05) is 50.3 Å². The molecule has 0 radical (unpaired) electrons. The van der Waals surface area contributed by atoms with Gasteiger partial charge in [0.2, 0.25) is 0 Å². The van der Waals surface area contributed by atoms with Crippen molar-refractivity contribution < 1.29 is 9.13 Å². The number of guanidine groups is 1. The maximum atomic E-state index is 13.4. The molecule has 0 spiro atoms. The number of rotatable bonds is 7. The lowest BCUT2D eigenvalue weighted by Crippen LogP contribution is -2.41. The largest absolute Gasteiger partial charge is 0.495 e. The average Bonchev–Trinajstić information content (AvgIpc) is 3.43. The number of aromatic nitrogens is 1. The van der Waals surface area contributed by atoms with Crippen molar-refractivity contribution in [2.45, 2.75) is 12.8 Å². The van der Waals surface area contributed by atoms with Crippen LogP contribution in [0.15, 0.2) is 53.7 Å². The molecule has 3 aromatic rings. The molecule has 1 aromatic heterocycles. The third-order valence-corrected chi connectivity index (χ3v) is 5.91. The highest BCUT2D eigenvalue weighted by molar-refractivity contribution is 14.0. The van der Waals surface area contributed by atoms with Crippen molar-refractivity contribution in [2.75, 3.05) is 45.2 Å². The number of aromatic amines is 1. The number of nitrogens with one attached hydrogen (secondary N) is 3. The van der Waals surface area contributed by atoms with Gasteiger partial charge in [-0.15, -0.1) is 24.0 Å². The van der Waals surface area contributed by atoms with Gasteiger partial charge < -0.3 is 25.3 Å². The van der Waals surface area contributed by atoms with E-state index in [1.807, 2.05) is 24.4 Å². The number of ether oxygens (including phenoxy) is 1. The van der Waals surface area contributed by atoms with E-state index in [9.17, 15) is 4.39 Å². The second-order valence-electron chi connectivity index (χ2n) is 7.91. The summed E-state index contributed by atoms with van der Waals surface area (Å²) in [6.45, 7) is 3.65. The minimum absolute atomic E-state index is 0. The van der Waals surface area contributed by atoms with Crippen molar-refractivity contribution in [1.82, 2.24) is 15.6 Å². The van der Waals surface area contributed by atoms with Crippen molar-refractivity contribution in [2.24, 2.45) is 10.9 Å². The van der Waals surface area contributed by atoms with E-state index in [-0.39, 0.29) is 29.8 Å². The molecule has 1 saturated heterocycles. The van der Waals surface area contributed by atoms with Crippen LogP contribution in [-0.4, -0.2) is 51.3 Å². The van der Waals surface area contributed by atoms with Gasteiger partial charge >= 0.3 is 0 Å². The molecule has 2 aromatic carbocycles. The molecule has 2 heterocycles. The van der Waals surface area contributed by atoms with Gasteiger partial charge in [0.1, 0.15) is 11.6 Å². The van der Waals surface area contributed by atoms with Crippen molar-refractivity contribution in [3.63, 3.8) is 0 Å². The number of H-pyrrole nitrogens is 1. The Labute approximate surface area is 205 Å². The highest BCUT2D eigenvalue weighted by atomic mass is 127. The van der Waals surface area contributed by atoms with Crippen LogP contribution in [0, 0.1) is 11.7 Å². The Morgan fingerprint density at radius 1 is 1.25 bits per heavy atom. The number of benzene rings is 2. The zero-order valence-electron chi connectivity index (χ0n) is 18.5. The number of aliphatic imine (C=N–C) groups is 1. The highest BCUT2D eigenvalue weighted by Crippen LogP contribution is 2.31. The van der Waals surface area contributed by atoms with E-state index < -0.39 is 0 Å². The molecule has 6 nitrogen and oxygen atoms in total. The van der Waals surface area contributed by atoms with Crippen LogP contribution >= 0.6 is 24.0 Å². The molecule has 0 amide bonds. The van der Waals surface area contributed by atoms with E-state index in [2.05, 4.69) is 37.6 Å². The third-order valence-electron chi connectivity index (χ3n) is 5.91. The number of nitrogens with zero attached hydrogens (tertiary/aromatic N) is 2. The topological polar surface area (TPSA) is 64.7 Å². The molecule has 1 aliphatic heterocycles. The lowest BCUT2D eigenvalue weighted by molar-refractivity contribution is 0.414. The Morgan fingerprint density at radius 2 is 2.09 bits per heavy atom. The monoisotopic (exact) mass is 551 g/mol. The first-order chi connectivity index (χ1) is 15.2. The van der Waals surface area contributed by atoms with E-state index >= 15 is 0 Å². The average molecular weight is 551 g/mol. The van der Waals surface area contributed by atoms with Crippen molar-refractivity contribution in [3.8, 4) is 5.75 Å². The van der Waals surface area contributed by atoms with Crippen LogP contribution in [-0.2, 0) is 6.42 Å². The summed E-state index contributed by atoms with van der Waals surface area (Å²) in [6, 6.07) is 13.1. The lowest BCUT2D eigenvalue weighted by atomic mass is 10.1. The van der Waals surface area contributed by atoms with Gasteiger partial charge in [-0.3, -0.25) is 4.99 Å². The normalized spacial score (nSPS) is 16.2. The smallest absolute Gasteiger partial charge is 0.190 e. The Hall–Kier alpha value is -2.49. The van der Waals surface area contributed by atoms with Gasteiger partial charge in [-0.05, 0) is 54.7 Å². The minimum Gasteiger partial charge on any atom is -0.495 e. The number of hydrogen-bond donors (Lipinski definition) is 3. The fourth-order valence-electron chi connectivity index (χ4n) is 4.25. The number of anilines is 1. The highest BCUT2D eigenvalue weighted by Gasteiger charge is 2.24. The summed E-state index contributed by atoms with van der Waals surface area (Å²) in [5.74, 6) is 2.06. The number of hydrogen-bond acceptors (Lipinski definition) is 3. The zero-order valence-corrected chi connectivity index (χ0v) is 20.9. The quantitative estimate of drug-likeness (QED) is 0.235. The summed E-state index contributed by atoms with van der Waals surface area (Å²) in [7, 11) is 3.51. The van der Waals surface area contributed by atoms with Gasteiger partial charge in [0.15, 0.2) is 5.96 Å². The molecule has 32 heavy (non-hydrogen) atoms. The molecule has 8 heteroatoms. The molecule has 0 aliphatic carbocycles. The van der Waals surface area contributed by atoms with E-state index in [1.54, 1.807) is 14.2 Å².